The van der Waals surface area contributed by atoms with E-state index in [1.54, 1.807) is 6.07 Å². The van der Waals surface area contributed by atoms with Crippen LogP contribution in [0.15, 0.2) is 30.3 Å². The lowest BCUT2D eigenvalue weighted by Crippen LogP contribution is -2.05. The number of aromatic hydroxyl groups is 1. The summed E-state index contributed by atoms with van der Waals surface area (Å²) >= 11 is 24.0. The number of hydrogen-bond donors (Lipinski definition) is 2. The molecule has 0 aliphatic carbocycles. The molecule has 0 atom stereocenters. The summed E-state index contributed by atoms with van der Waals surface area (Å²) in [6.45, 7) is 0. The highest BCUT2D eigenvalue weighted by atomic mass is 35.5. The summed E-state index contributed by atoms with van der Waals surface area (Å²) in [6, 6.07) is 7.40. The maximum absolute atomic E-state index is 11.0. The molecule has 0 spiro atoms. The van der Waals surface area contributed by atoms with Crippen molar-refractivity contribution in [1.82, 2.24) is 4.98 Å². The van der Waals surface area contributed by atoms with E-state index in [0.717, 1.165) is 0 Å². The van der Waals surface area contributed by atoms with E-state index < -0.39 is 11.9 Å². The van der Waals surface area contributed by atoms with E-state index in [-0.39, 0.29) is 37.4 Å². The fourth-order valence-electron chi connectivity index (χ4n) is 2.29. The van der Waals surface area contributed by atoms with Crippen molar-refractivity contribution in [2.24, 2.45) is 0 Å². The normalized spacial score (nSPS) is 10.9. The van der Waals surface area contributed by atoms with Gasteiger partial charge in [-0.2, -0.15) is 0 Å². The predicted molar refractivity (Wildman–Crippen MR) is 97.5 cm³/mol. The maximum Gasteiger partial charge on any atom is 0.511 e. The van der Waals surface area contributed by atoms with Gasteiger partial charge < -0.3 is 14.9 Å². The topological polar surface area (TPSA) is 79.7 Å². The molecule has 3 aromatic rings. The van der Waals surface area contributed by atoms with Crippen molar-refractivity contribution >= 4 is 63.5 Å². The SMILES string of the molecule is O=C(O)Oc1c(O)c(-c2ccc(Cl)c(Cl)c2)nc2c(Cl)cc(Cl)cc12. The molecule has 3 rings (SSSR count). The van der Waals surface area contributed by atoms with Crippen molar-refractivity contribution in [3.63, 3.8) is 0 Å². The Morgan fingerprint density at radius 1 is 1.00 bits per heavy atom. The number of carbonyl (C=O) groups is 1. The Labute approximate surface area is 161 Å². The molecule has 128 valence electrons. The highest BCUT2D eigenvalue weighted by Crippen LogP contribution is 2.44. The van der Waals surface area contributed by atoms with Crippen LogP contribution in [0.3, 0.4) is 0 Å². The van der Waals surface area contributed by atoms with Gasteiger partial charge >= 0.3 is 6.16 Å². The number of hydrogen-bond acceptors (Lipinski definition) is 4. The number of halogens is 4. The van der Waals surface area contributed by atoms with E-state index in [4.69, 9.17) is 56.2 Å². The van der Waals surface area contributed by atoms with E-state index in [1.165, 1.54) is 24.3 Å². The first-order chi connectivity index (χ1) is 11.8. The average Bonchev–Trinajstić information content (AvgIpc) is 2.52. The molecule has 1 aromatic heterocycles. The van der Waals surface area contributed by atoms with Gasteiger partial charge in [-0.15, -0.1) is 0 Å². The first-order valence-corrected chi connectivity index (χ1v) is 8.17. The molecule has 5 nitrogen and oxygen atoms in total. The fraction of sp³-hybridized carbons (Fsp3) is 0. The van der Waals surface area contributed by atoms with Crippen LogP contribution in [-0.2, 0) is 0 Å². The Balaban J connectivity index is 2.38. The van der Waals surface area contributed by atoms with Gasteiger partial charge in [0.05, 0.1) is 26.0 Å². The Morgan fingerprint density at radius 2 is 1.72 bits per heavy atom. The summed E-state index contributed by atoms with van der Waals surface area (Å²) < 4.78 is 4.73. The Bertz CT molecular complexity index is 1020. The highest BCUT2D eigenvalue weighted by molar-refractivity contribution is 6.42. The molecule has 0 fully saturated rings. The van der Waals surface area contributed by atoms with Crippen LogP contribution in [0.1, 0.15) is 0 Å². The molecule has 0 amide bonds. The minimum atomic E-state index is -1.61. The summed E-state index contributed by atoms with van der Waals surface area (Å²) in [5.41, 5.74) is 0.641. The van der Waals surface area contributed by atoms with Crippen LogP contribution in [0.4, 0.5) is 4.79 Å². The number of fused-ring (bicyclic) bond motifs is 1. The highest BCUT2D eigenvalue weighted by Gasteiger charge is 2.22. The monoisotopic (exact) mass is 417 g/mol. The van der Waals surface area contributed by atoms with Crippen molar-refractivity contribution in [1.29, 1.82) is 0 Å². The van der Waals surface area contributed by atoms with E-state index >= 15 is 0 Å². The van der Waals surface area contributed by atoms with E-state index in [1.807, 2.05) is 0 Å². The number of nitrogens with zero attached hydrogens (tertiary/aromatic N) is 1. The van der Waals surface area contributed by atoms with E-state index in [0.29, 0.717) is 10.6 Å². The largest absolute Gasteiger partial charge is 0.511 e. The number of carboxylic acid groups (broad SMARTS) is 1. The molecular formula is C16H7Cl4NO4. The van der Waals surface area contributed by atoms with Crippen molar-refractivity contribution in [3.8, 4) is 22.8 Å². The zero-order chi connectivity index (χ0) is 18.3. The first-order valence-electron chi connectivity index (χ1n) is 6.66. The van der Waals surface area contributed by atoms with Crippen LogP contribution >= 0.6 is 46.4 Å². The summed E-state index contributed by atoms with van der Waals surface area (Å²) in [6.07, 6.45) is -1.61. The zero-order valence-electron chi connectivity index (χ0n) is 12.1. The fourth-order valence-corrected chi connectivity index (χ4v) is 3.12. The molecular weight excluding hydrogens is 412 g/mol. The average molecular weight is 419 g/mol. The number of pyridine rings is 1. The Hall–Kier alpha value is -1.92. The molecule has 2 N–H and O–H groups in total. The molecule has 2 aromatic carbocycles. The lowest BCUT2D eigenvalue weighted by molar-refractivity contribution is 0.143. The van der Waals surface area contributed by atoms with E-state index in [2.05, 4.69) is 4.98 Å². The third-order valence-electron chi connectivity index (χ3n) is 3.32. The molecule has 0 saturated carbocycles. The second kappa shape index (κ2) is 6.77. The molecule has 25 heavy (non-hydrogen) atoms. The van der Waals surface area contributed by atoms with Crippen LogP contribution in [-0.4, -0.2) is 21.4 Å². The first kappa shape index (κ1) is 17.9. The summed E-state index contributed by atoms with van der Waals surface area (Å²) in [5.74, 6) is -0.824. The van der Waals surface area contributed by atoms with Gasteiger partial charge in [0.15, 0.2) is 11.5 Å². The van der Waals surface area contributed by atoms with Crippen molar-refractivity contribution in [2.75, 3.05) is 0 Å². The van der Waals surface area contributed by atoms with Gasteiger partial charge in [0.1, 0.15) is 5.69 Å². The molecule has 0 aliphatic heterocycles. The molecule has 1 heterocycles. The van der Waals surface area contributed by atoms with Crippen molar-refractivity contribution < 1.29 is 19.7 Å². The van der Waals surface area contributed by atoms with Gasteiger partial charge in [-0.25, -0.2) is 9.78 Å². The zero-order valence-corrected chi connectivity index (χ0v) is 15.1. The van der Waals surface area contributed by atoms with Gasteiger partial charge in [-0.3, -0.25) is 0 Å². The standard InChI is InChI=1S/C16H7Cl4NO4/c17-7-4-8-13(11(20)5-7)21-12(14(22)15(8)25-16(23)24)6-1-2-9(18)10(19)3-6/h1-5,22H,(H,23,24). The molecule has 0 unspecified atom stereocenters. The molecule has 9 heteroatoms. The van der Waals surface area contributed by atoms with Gasteiger partial charge in [-0.1, -0.05) is 52.5 Å². The number of rotatable bonds is 2. The number of benzene rings is 2. The summed E-state index contributed by atoms with van der Waals surface area (Å²) in [4.78, 5) is 15.3. The lowest BCUT2D eigenvalue weighted by Gasteiger charge is -2.13. The Morgan fingerprint density at radius 3 is 2.36 bits per heavy atom. The van der Waals surface area contributed by atoms with Crippen LogP contribution in [0.25, 0.3) is 22.2 Å². The van der Waals surface area contributed by atoms with Crippen LogP contribution < -0.4 is 4.74 Å². The van der Waals surface area contributed by atoms with Crippen molar-refractivity contribution in [2.45, 2.75) is 0 Å². The smallest absolute Gasteiger partial charge is 0.503 e. The van der Waals surface area contributed by atoms with Gasteiger partial charge in [-0.05, 0) is 24.3 Å². The number of aromatic nitrogens is 1. The van der Waals surface area contributed by atoms with Crippen molar-refractivity contribution in [3.05, 3.63) is 50.4 Å². The third-order valence-corrected chi connectivity index (χ3v) is 4.56. The molecule has 0 saturated heterocycles. The van der Waals surface area contributed by atoms with Crippen LogP contribution in [0.5, 0.6) is 11.5 Å². The summed E-state index contributed by atoms with van der Waals surface area (Å²) in [5, 5.41) is 20.6. The minimum Gasteiger partial charge on any atom is -0.503 e. The number of ether oxygens (including phenoxy) is 1. The predicted octanol–water partition coefficient (Wildman–Crippen LogP) is 6.28. The third kappa shape index (κ3) is 3.41. The summed E-state index contributed by atoms with van der Waals surface area (Å²) in [7, 11) is 0. The lowest BCUT2D eigenvalue weighted by atomic mass is 10.1. The van der Waals surface area contributed by atoms with Gasteiger partial charge in [0, 0.05) is 10.6 Å². The minimum absolute atomic E-state index is 0.0338. The molecule has 0 bridgehead atoms. The van der Waals surface area contributed by atoms with Gasteiger partial charge in [0.25, 0.3) is 0 Å². The second-order valence-corrected chi connectivity index (χ2v) is 6.58. The van der Waals surface area contributed by atoms with E-state index in [9.17, 15) is 9.90 Å². The quantitative estimate of drug-likeness (QED) is 0.479. The molecule has 0 aliphatic rings. The van der Waals surface area contributed by atoms with Crippen LogP contribution in [0, 0.1) is 0 Å². The second-order valence-electron chi connectivity index (χ2n) is 4.92. The molecule has 0 radical (unpaired) electrons. The Kier molecular flexibility index (Phi) is 4.84. The van der Waals surface area contributed by atoms with Crippen LogP contribution in [0.2, 0.25) is 20.1 Å². The van der Waals surface area contributed by atoms with Gasteiger partial charge in [0.2, 0.25) is 0 Å². The maximum atomic E-state index is 11.0.